The van der Waals surface area contributed by atoms with Crippen molar-refractivity contribution < 1.29 is 0 Å². The van der Waals surface area contributed by atoms with Crippen LogP contribution in [0.4, 0.5) is 0 Å². The van der Waals surface area contributed by atoms with Gasteiger partial charge in [-0.1, -0.05) is 133 Å². The molecule has 2 heteroatoms. The molecule has 2 nitrogen and oxygen atoms in total. The number of nitrogens with one attached hydrogen (secondary N) is 2. The molecule has 190 valence electrons. The van der Waals surface area contributed by atoms with Crippen molar-refractivity contribution in [1.29, 1.82) is 0 Å². The third-order valence-corrected chi connectivity index (χ3v) is 8.31. The van der Waals surface area contributed by atoms with Crippen LogP contribution < -0.4 is 10.6 Å². The fraction of sp³-hybridized carbons (Fsp3) is 0.0526. The number of hydrogen-bond acceptors (Lipinski definition) is 2. The van der Waals surface area contributed by atoms with E-state index in [0.717, 1.165) is 5.70 Å². The van der Waals surface area contributed by atoms with E-state index in [2.05, 4.69) is 156 Å². The van der Waals surface area contributed by atoms with Crippen molar-refractivity contribution in [1.82, 2.24) is 10.6 Å². The number of fused-ring (bicyclic) bond motifs is 5. The Morgan fingerprint density at radius 2 is 1.10 bits per heavy atom. The Hall–Kier alpha value is -4.92. The summed E-state index contributed by atoms with van der Waals surface area (Å²) in [6.45, 7) is 0. The third-order valence-electron chi connectivity index (χ3n) is 8.31. The van der Waals surface area contributed by atoms with E-state index in [0.29, 0.717) is 0 Å². The predicted octanol–water partition coefficient (Wildman–Crippen LogP) is 9.27. The van der Waals surface area contributed by atoms with Crippen LogP contribution in [0.3, 0.4) is 0 Å². The van der Waals surface area contributed by atoms with Crippen LogP contribution in [0, 0.1) is 0 Å². The molecule has 2 unspecified atom stereocenters. The molecular formula is C38H28N2. The van der Waals surface area contributed by atoms with Gasteiger partial charge < -0.3 is 5.32 Å². The lowest BCUT2D eigenvalue weighted by atomic mass is 9.89. The fourth-order valence-electron chi connectivity index (χ4n) is 6.43. The minimum atomic E-state index is -0.0420. The van der Waals surface area contributed by atoms with Gasteiger partial charge in [0, 0.05) is 11.3 Å². The maximum absolute atomic E-state index is 3.92. The van der Waals surface area contributed by atoms with E-state index in [1.807, 2.05) is 0 Å². The van der Waals surface area contributed by atoms with Gasteiger partial charge in [-0.3, -0.25) is 5.32 Å². The molecule has 1 aliphatic rings. The Morgan fingerprint density at radius 1 is 0.450 bits per heavy atom. The first-order valence-electron chi connectivity index (χ1n) is 13.9. The van der Waals surface area contributed by atoms with Crippen LogP contribution in [0.2, 0.25) is 0 Å². The van der Waals surface area contributed by atoms with Gasteiger partial charge in [-0.15, -0.1) is 0 Å². The molecule has 0 aliphatic carbocycles. The van der Waals surface area contributed by atoms with Gasteiger partial charge in [-0.2, -0.15) is 0 Å². The highest BCUT2D eigenvalue weighted by molar-refractivity contribution is 6.17. The molecule has 2 N–H and O–H groups in total. The maximum atomic E-state index is 3.92. The lowest BCUT2D eigenvalue weighted by Crippen LogP contribution is -2.39. The third kappa shape index (κ3) is 3.77. The average molecular weight is 513 g/mol. The molecule has 0 amide bonds. The molecule has 0 radical (unpaired) electrons. The maximum Gasteiger partial charge on any atom is 0.104 e. The largest absolute Gasteiger partial charge is 0.366 e. The van der Waals surface area contributed by atoms with Gasteiger partial charge in [0.15, 0.2) is 0 Å². The summed E-state index contributed by atoms with van der Waals surface area (Å²) in [5.74, 6) is 0. The van der Waals surface area contributed by atoms with Gasteiger partial charge in [0.25, 0.3) is 0 Å². The fourth-order valence-corrected chi connectivity index (χ4v) is 6.43. The average Bonchev–Trinajstić information content (AvgIpc) is 3.03. The lowest BCUT2D eigenvalue weighted by molar-refractivity contribution is 0.444. The molecule has 1 aliphatic heterocycles. The number of hydrogen-bond donors (Lipinski definition) is 2. The summed E-state index contributed by atoms with van der Waals surface area (Å²) < 4.78 is 0. The minimum absolute atomic E-state index is 0.0297. The molecule has 7 aromatic rings. The van der Waals surface area contributed by atoms with Crippen LogP contribution in [0.25, 0.3) is 48.8 Å². The Bertz CT molecular complexity index is 2070. The highest BCUT2D eigenvalue weighted by Gasteiger charge is 2.27. The predicted molar refractivity (Wildman–Crippen MR) is 169 cm³/mol. The van der Waals surface area contributed by atoms with E-state index in [9.17, 15) is 0 Å². The summed E-state index contributed by atoms with van der Waals surface area (Å²) in [6, 6.07) is 50.4. The Morgan fingerprint density at radius 3 is 1.93 bits per heavy atom. The Labute approximate surface area is 233 Å². The second kappa shape index (κ2) is 9.37. The van der Waals surface area contributed by atoms with E-state index in [-0.39, 0.29) is 12.2 Å². The van der Waals surface area contributed by atoms with Gasteiger partial charge in [-0.25, -0.2) is 0 Å². The molecular weight excluding hydrogens is 484 g/mol. The van der Waals surface area contributed by atoms with E-state index < -0.39 is 0 Å². The zero-order valence-corrected chi connectivity index (χ0v) is 22.0. The van der Waals surface area contributed by atoms with Crippen molar-refractivity contribution in [3.63, 3.8) is 0 Å². The summed E-state index contributed by atoms with van der Waals surface area (Å²) in [7, 11) is 0. The van der Waals surface area contributed by atoms with Crippen molar-refractivity contribution in [3.8, 4) is 0 Å². The molecule has 1 heterocycles. The molecule has 0 saturated carbocycles. The molecule has 0 bridgehead atoms. The normalized spacial score (nSPS) is 17.2. The Balaban J connectivity index is 1.42. The quantitative estimate of drug-likeness (QED) is 0.182. The zero-order valence-electron chi connectivity index (χ0n) is 22.0. The first-order valence-corrected chi connectivity index (χ1v) is 13.9. The SMILES string of the molecule is C1=C(c2c3ccccc3cc3c2ccc2ccccc23)NC(c2ccccc2)NC1c1cccc2ccccc12. The first kappa shape index (κ1) is 23.0. The van der Waals surface area contributed by atoms with Gasteiger partial charge in [0.2, 0.25) is 0 Å². The molecule has 0 spiro atoms. The monoisotopic (exact) mass is 512 g/mol. The molecule has 0 aromatic heterocycles. The zero-order chi connectivity index (χ0) is 26.5. The van der Waals surface area contributed by atoms with E-state index >= 15 is 0 Å². The molecule has 2 atom stereocenters. The topological polar surface area (TPSA) is 24.1 Å². The second-order valence-corrected chi connectivity index (χ2v) is 10.6. The van der Waals surface area contributed by atoms with Gasteiger partial charge in [0.05, 0.1) is 6.04 Å². The smallest absolute Gasteiger partial charge is 0.104 e. The molecule has 40 heavy (non-hydrogen) atoms. The van der Waals surface area contributed by atoms with Gasteiger partial charge in [0.1, 0.15) is 6.17 Å². The number of benzene rings is 7. The second-order valence-electron chi connectivity index (χ2n) is 10.6. The summed E-state index contributed by atoms with van der Waals surface area (Å²) >= 11 is 0. The van der Waals surface area contributed by atoms with Gasteiger partial charge >= 0.3 is 0 Å². The molecule has 0 saturated heterocycles. The lowest BCUT2D eigenvalue weighted by Gasteiger charge is -2.34. The summed E-state index contributed by atoms with van der Waals surface area (Å²) in [6.07, 6.45) is 2.34. The van der Waals surface area contributed by atoms with Crippen LogP contribution in [-0.4, -0.2) is 0 Å². The molecule has 7 aromatic carbocycles. The van der Waals surface area contributed by atoms with Crippen molar-refractivity contribution in [3.05, 3.63) is 162 Å². The van der Waals surface area contributed by atoms with Gasteiger partial charge in [-0.05, 0) is 66.4 Å². The van der Waals surface area contributed by atoms with E-state index in [4.69, 9.17) is 0 Å². The molecule has 0 fully saturated rings. The standard InChI is InChI=1S/C38H28N2/c1-2-13-27(14-3-1)38-39-35(32-20-10-16-25-11-4-7-17-29(25)32)24-36(40-38)37-31-19-9-6-15-28(31)23-34-30-18-8-5-12-26(30)21-22-33(34)37/h1-24,35,38-40H. The van der Waals surface area contributed by atoms with Crippen LogP contribution in [0.5, 0.6) is 0 Å². The van der Waals surface area contributed by atoms with Crippen molar-refractivity contribution in [2.24, 2.45) is 0 Å². The van der Waals surface area contributed by atoms with Crippen molar-refractivity contribution in [2.45, 2.75) is 12.2 Å². The van der Waals surface area contributed by atoms with Crippen LogP contribution in [0.15, 0.2) is 146 Å². The van der Waals surface area contributed by atoms with Crippen LogP contribution in [0.1, 0.15) is 28.9 Å². The van der Waals surface area contributed by atoms with E-state index in [1.165, 1.54) is 59.8 Å². The van der Waals surface area contributed by atoms with Crippen LogP contribution in [-0.2, 0) is 0 Å². The summed E-state index contributed by atoms with van der Waals surface area (Å²) in [5, 5.41) is 18.0. The molecule has 8 rings (SSSR count). The van der Waals surface area contributed by atoms with E-state index in [1.54, 1.807) is 0 Å². The van der Waals surface area contributed by atoms with Crippen molar-refractivity contribution >= 4 is 48.8 Å². The summed E-state index contributed by atoms with van der Waals surface area (Å²) in [5.41, 5.74) is 4.91. The highest BCUT2D eigenvalue weighted by Crippen LogP contribution is 2.40. The number of rotatable bonds is 3. The minimum Gasteiger partial charge on any atom is -0.366 e. The Kier molecular flexibility index (Phi) is 5.39. The summed E-state index contributed by atoms with van der Waals surface area (Å²) in [4.78, 5) is 0. The first-order chi connectivity index (χ1) is 19.8. The van der Waals surface area contributed by atoms with Crippen LogP contribution >= 0.6 is 0 Å². The van der Waals surface area contributed by atoms with Crippen molar-refractivity contribution in [2.75, 3.05) is 0 Å². The highest BCUT2D eigenvalue weighted by atomic mass is 15.2.